The second-order valence-corrected chi connectivity index (χ2v) is 16.3. The number of ether oxygens (including phenoxy) is 2. The smallest absolute Gasteiger partial charge is 0.405 e. The normalized spacial score (nSPS) is 17.7. The van der Waals surface area contributed by atoms with E-state index in [1.165, 1.54) is 54.6 Å². The number of anilines is 1. The molecular weight excluding hydrogens is 726 g/mol. The van der Waals surface area contributed by atoms with Crippen LogP contribution in [0.5, 0.6) is 5.75 Å². The second-order valence-electron chi connectivity index (χ2n) is 14.6. The topological polar surface area (TPSA) is 140 Å². The van der Waals surface area contributed by atoms with Crippen molar-refractivity contribution in [3.63, 3.8) is 0 Å². The Hall–Kier alpha value is -4.89. The number of nitrogens with one attached hydrogen (secondary N) is 2. The quantitative estimate of drug-likeness (QED) is 0.146. The van der Waals surface area contributed by atoms with Crippen molar-refractivity contribution in [1.29, 1.82) is 0 Å². The molecule has 1 aliphatic carbocycles. The molecule has 288 valence electrons. The highest BCUT2D eigenvalue weighted by atomic mass is 32.2. The molecule has 3 aromatic carbocycles. The lowest BCUT2D eigenvalue weighted by Crippen LogP contribution is -2.45. The number of rotatable bonds is 12. The number of aromatic nitrogens is 1. The summed E-state index contributed by atoms with van der Waals surface area (Å²) in [5, 5.41) is 7.01. The van der Waals surface area contributed by atoms with Crippen molar-refractivity contribution < 1.29 is 45.2 Å². The molecule has 0 spiro atoms. The Morgan fingerprint density at radius 2 is 1.59 bits per heavy atom. The van der Waals surface area contributed by atoms with E-state index in [0.717, 1.165) is 24.8 Å². The molecule has 11 nitrogen and oxygen atoms in total. The Balaban J connectivity index is 1.09. The van der Waals surface area contributed by atoms with Crippen molar-refractivity contribution in [2.24, 2.45) is 0 Å². The molecule has 2 N–H and O–H groups in total. The fraction of sp³-hybridized carbons (Fsp3) is 0.410. The van der Waals surface area contributed by atoms with Crippen molar-refractivity contribution in [1.82, 2.24) is 14.8 Å². The number of alkyl halides is 3. The van der Waals surface area contributed by atoms with Crippen molar-refractivity contribution >= 4 is 27.6 Å². The van der Waals surface area contributed by atoms with Crippen LogP contribution in [0.2, 0.25) is 0 Å². The standard InChI is InChI=1S/C39H43F3N4O7S/c1-5-28-18-19-29(22-51-23-32-34(44-53-35(32)24-10-11-24)31-8-6-7-9-33(31)52-39(40,41)42)46(28)37(48)43-27-16-12-25(13-17-27)36(47)45-54(49,50)30-20-14-26(15-21-30)38(2,3)4/h6-9,12-17,20-21,24,28-29H,5,10-11,18-19,22-23H2,1-4H3,(H,43,48)(H,45,47). The van der Waals surface area contributed by atoms with Crippen LogP contribution in [0.1, 0.15) is 93.0 Å². The molecule has 2 heterocycles. The van der Waals surface area contributed by atoms with Gasteiger partial charge in [0.05, 0.1) is 24.2 Å². The molecule has 4 aromatic rings. The summed E-state index contributed by atoms with van der Waals surface area (Å²) in [6.45, 7) is 8.20. The van der Waals surface area contributed by atoms with Gasteiger partial charge in [-0.25, -0.2) is 17.9 Å². The average Bonchev–Trinajstić information content (AvgIpc) is 3.74. The fourth-order valence-electron chi connectivity index (χ4n) is 6.64. The lowest BCUT2D eigenvalue weighted by molar-refractivity contribution is -0.274. The van der Waals surface area contributed by atoms with Gasteiger partial charge < -0.3 is 24.2 Å². The summed E-state index contributed by atoms with van der Waals surface area (Å²) in [7, 11) is -4.12. The van der Waals surface area contributed by atoms with E-state index >= 15 is 0 Å². The first-order chi connectivity index (χ1) is 25.5. The molecule has 2 aliphatic rings. The molecule has 0 bridgehead atoms. The summed E-state index contributed by atoms with van der Waals surface area (Å²) in [6.07, 6.45) is -1.03. The van der Waals surface area contributed by atoms with E-state index in [1.54, 1.807) is 23.1 Å². The van der Waals surface area contributed by atoms with Gasteiger partial charge in [-0.1, -0.05) is 57.1 Å². The van der Waals surface area contributed by atoms with Crippen LogP contribution in [-0.4, -0.2) is 55.5 Å². The minimum absolute atomic E-state index is 0.00917. The predicted molar refractivity (Wildman–Crippen MR) is 194 cm³/mol. The van der Waals surface area contributed by atoms with E-state index in [4.69, 9.17) is 9.26 Å². The number of carbonyl (C=O) groups excluding carboxylic acids is 2. The molecule has 1 saturated heterocycles. The third-order valence-corrected chi connectivity index (χ3v) is 11.0. The molecule has 1 aromatic heterocycles. The number of nitrogens with zero attached hydrogens (tertiary/aromatic N) is 2. The van der Waals surface area contributed by atoms with Crippen LogP contribution >= 0.6 is 0 Å². The van der Waals surface area contributed by atoms with E-state index < -0.39 is 28.0 Å². The number of likely N-dealkylation sites (tertiary alicyclic amines) is 1. The van der Waals surface area contributed by atoms with Gasteiger partial charge in [-0.15, -0.1) is 13.2 Å². The minimum atomic E-state index is -4.89. The number of para-hydroxylation sites is 1. The van der Waals surface area contributed by atoms with Gasteiger partial charge in [-0.3, -0.25) is 4.79 Å². The first-order valence-corrected chi connectivity index (χ1v) is 19.3. The Bertz CT molecular complexity index is 2070. The highest BCUT2D eigenvalue weighted by Crippen LogP contribution is 2.45. The van der Waals surface area contributed by atoms with Crippen molar-refractivity contribution in [3.05, 3.63) is 95.2 Å². The van der Waals surface area contributed by atoms with Gasteiger partial charge in [0.1, 0.15) is 17.2 Å². The summed E-state index contributed by atoms with van der Waals surface area (Å²) in [5.74, 6) is -0.533. The first-order valence-electron chi connectivity index (χ1n) is 17.8. The third kappa shape index (κ3) is 9.07. The number of sulfonamides is 1. The number of urea groups is 1. The molecule has 2 fully saturated rings. The van der Waals surface area contributed by atoms with E-state index in [1.807, 2.05) is 27.7 Å². The van der Waals surface area contributed by atoms with Crippen molar-refractivity contribution in [2.45, 2.75) is 101 Å². The minimum Gasteiger partial charge on any atom is -0.405 e. The average molecular weight is 769 g/mol. The Kier molecular flexibility index (Phi) is 11.1. The Morgan fingerprint density at radius 1 is 0.926 bits per heavy atom. The molecule has 1 saturated carbocycles. The molecular formula is C39H43F3N4O7S. The predicted octanol–water partition coefficient (Wildman–Crippen LogP) is 8.53. The van der Waals surface area contributed by atoms with E-state index in [2.05, 4.69) is 19.9 Å². The van der Waals surface area contributed by atoms with Gasteiger partial charge in [-0.05, 0) is 91.6 Å². The SMILES string of the molecule is CCC1CCC(COCc2c(-c3ccccc3OC(F)(F)F)noc2C2CC2)N1C(=O)Nc1ccc(C(=O)NS(=O)(=O)c2ccc(C(C)(C)C)cc2)cc1. The summed E-state index contributed by atoms with van der Waals surface area (Å²) in [5.41, 5.74) is 2.18. The molecule has 0 radical (unpaired) electrons. The maximum absolute atomic E-state index is 13.6. The van der Waals surface area contributed by atoms with E-state index in [-0.39, 0.29) is 64.4 Å². The number of amides is 3. The van der Waals surface area contributed by atoms with Crippen molar-refractivity contribution in [2.75, 3.05) is 11.9 Å². The molecule has 2 atom stereocenters. The highest BCUT2D eigenvalue weighted by molar-refractivity contribution is 7.90. The van der Waals surface area contributed by atoms with Gasteiger partial charge in [0.25, 0.3) is 15.9 Å². The van der Waals surface area contributed by atoms with Crippen molar-refractivity contribution in [3.8, 4) is 17.0 Å². The van der Waals surface area contributed by atoms with Crippen LogP contribution in [0.3, 0.4) is 0 Å². The zero-order chi connectivity index (χ0) is 38.8. The highest BCUT2D eigenvalue weighted by Gasteiger charge is 2.38. The van der Waals surface area contributed by atoms with Crippen LogP contribution in [0.25, 0.3) is 11.3 Å². The Labute approximate surface area is 312 Å². The van der Waals surface area contributed by atoms with Crippen LogP contribution < -0.4 is 14.8 Å². The summed E-state index contributed by atoms with van der Waals surface area (Å²) in [6, 6.07) is 17.3. The summed E-state index contributed by atoms with van der Waals surface area (Å²) >= 11 is 0. The number of benzene rings is 3. The molecule has 1 aliphatic heterocycles. The van der Waals surface area contributed by atoms with E-state index in [0.29, 0.717) is 29.9 Å². The molecule has 3 amide bonds. The number of carbonyl (C=O) groups is 2. The van der Waals surface area contributed by atoms with E-state index in [9.17, 15) is 31.2 Å². The van der Waals surface area contributed by atoms with Crippen LogP contribution in [0.4, 0.5) is 23.7 Å². The van der Waals surface area contributed by atoms with Crippen LogP contribution in [0.15, 0.2) is 82.2 Å². The summed E-state index contributed by atoms with van der Waals surface area (Å²) < 4.78 is 83.5. The third-order valence-electron chi connectivity index (χ3n) is 9.67. The van der Waals surface area contributed by atoms with Crippen LogP contribution in [-0.2, 0) is 26.8 Å². The largest absolute Gasteiger partial charge is 0.573 e. The Morgan fingerprint density at radius 3 is 2.22 bits per heavy atom. The molecule has 15 heteroatoms. The molecule has 54 heavy (non-hydrogen) atoms. The zero-order valence-electron chi connectivity index (χ0n) is 30.4. The monoisotopic (exact) mass is 768 g/mol. The molecule has 2 unspecified atom stereocenters. The number of hydrogen-bond donors (Lipinski definition) is 2. The fourth-order valence-corrected chi connectivity index (χ4v) is 7.61. The van der Waals surface area contributed by atoms with Gasteiger partial charge in [0.2, 0.25) is 0 Å². The van der Waals surface area contributed by atoms with Gasteiger partial charge >= 0.3 is 12.4 Å². The van der Waals surface area contributed by atoms with Gasteiger partial charge in [-0.2, -0.15) is 0 Å². The lowest BCUT2D eigenvalue weighted by atomic mass is 9.87. The second kappa shape index (κ2) is 15.5. The van der Waals surface area contributed by atoms with Crippen LogP contribution in [0, 0.1) is 0 Å². The molecule has 6 rings (SSSR count). The number of hydrogen-bond acceptors (Lipinski definition) is 8. The maximum atomic E-state index is 13.6. The summed E-state index contributed by atoms with van der Waals surface area (Å²) in [4.78, 5) is 28.2. The lowest BCUT2D eigenvalue weighted by Gasteiger charge is -2.30. The number of halogens is 3. The zero-order valence-corrected chi connectivity index (χ0v) is 31.2. The van der Waals surface area contributed by atoms with Gasteiger partial charge in [0.15, 0.2) is 0 Å². The first kappa shape index (κ1) is 38.8. The van der Waals surface area contributed by atoms with Gasteiger partial charge in [0, 0.05) is 34.3 Å². The maximum Gasteiger partial charge on any atom is 0.573 e.